The molecule has 3 nitrogen and oxygen atoms in total. The van der Waals surface area contributed by atoms with Crippen LogP contribution >= 0.6 is 23.2 Å². The van der Waals surface area contributed by atoms with Gasteiger partial charge in [0.2, 0.25) is 0 Å². The van der Waals surface area contributed by atoms with Gasteiger partial charge < -0.3 is 9.88 Å². The average molecular weight is 483 g/mol. The standard InChI is InChI=1S/C29H20Cl2N2O/c30-19-14-15-22(24(31)16-19)27-26(23-12-6-7-13-25(23)32-27)28-20-10-4-5-11-21(20)29(34)33(28)17-18-8-2-1-3-9-18/h1-16,28,32H,17H2. The van der Waals surface area contributed by atoms with Crippen molar-refractivity contribution in [2.24, 2.45) is 0 Å². The first-order valence-corrected chi connectivity index (χ1v) is 11.9. The number of nitrogens with one attached hydrogen (secondary N) is 1. The van der Waals surface area contributed by atoms with Crippen LogP contribution in [0.1, 0.15) is 33.1 Å². The van der Waals surface area contributed by atoms with E-state index in [1.54, 1.807) is 6.07 Å². The van der Waals surface area contributed by atoms with Crippen molar-refractivity contribution < 1.29 is 4.79 Å². The van der Waals surface area contributed by atoms with Gasteiger partial charge in [-0.25, -0.2) is 0 Å². The van der Waals surface area contributed by atoms with Crippen LogP contribution in [0.25, 0.3) is 22.2 Å². The van der Waals surface area contributed by atoms with Crippen molar-refractivity contribution >= 4 is 40.0 Å². The lowest BCUT2D eigenvalue weighted by Crippen LogP contribution is -2.28. The molecule has 1 aromatic heterocycles. The third-order valence-corrected chi connectivity index (χ3v) is 7.02. The van der Waals surface area contributed by atoms with E-state index in [1.807, 2.05) is 65.6 Å². The second-order valence-corrected chi connectivity index (χ2v) is 9.34. The summed E-state index contributed by atoms with van der Waals surface area (Å²) in [5.74, 6) is 0.0305. The van der Waals surface area contributed by atoms with Crippen molar-refractivity contribution in [3.05, 3.63) is 129 Å². The lowest BCUT2D eigenvalue weighted by molar-refractivity contribution is 0.0737. The summed E-state index contributed by atoms with van der Waals surface area (Å²) in [6, 6.07) is 31.4. The molecule has 0 fully saturated rings. The first-order valence-electron chi connectivity index (χ1n) is 11.1. The van der Waals surface area contributed by atoms with E-state index in [1.165, 1.54) is 0 Å². The quantitative estimate of drug-likeness (QED) is 0.277. The van der Waals surface area contributed by atoms with E-state index in [-0.39, 0.29) is 11.9 Å². The normalized spacial score (nSPS) is 15.2. The largest absolute Gasteiger partial charge is 0.354 e. The summed E-state index contributed by atoms with van der Waals surface area (Å²) in [7, 11) is 0. The van der Waals surface area contributed by atoms with Crippen molar-refractivity contribution in [3.8, 4) is 11.3 Å². The lowest BCUT2D eigenvalue weighted by Gasteiger charge is -2.27. The molecule has 2 heterocycles. The number of rotatable bonds is 4. The molecule has 6 rings (SSSR count). The smallest absolute Gasteiger partial charge is 0.255 e. The number of benzene rings is 4. The van der Waals surface area contributed by atoms with Crippen LogP contribution in [0.3, 0.4) is 0 Å². The number of fused-ring (bicyclic) bond motifs is 2. The zero-order chi connectivity index (χ0) is 23.2. The van der Waals surface area contributed by atoms with Gasteiger partial charge in [-0.3, -0.25) is 4.79 Å². The van der Waals surface area contributed by atoms with Crippen LogP contribution < -0.4 is 0 Å². The molecule has 1 atom stereocenters. The number of hydrogen-bond acceptors (Lipinski definition) is 1. The van der Waals surface area contributed by atoms with E-state index < -0.39 is 0 Å². The van der Waals surface area contributed by atoms with E-state index >= 15 is 0 Å². The molecule has 1 aliphatic heterocycles. The van der Waals surface area contributed by atoms with Crippen LogP contribution in [0, 0.1) is 0 Å². The molecule has 0 spiro atoms. The fourth-order valence-corrected chi connectivity index (χ4v) is 5.48. The summed E-state index contributed by atoms with van der Waals surface area (Å²) in [5.41, 5.74) is 6.61. The monoisotopic (exact) mass is 482 g/mol. The number of aromatic amines is 1. The molecule has 5 heteroatoms. The number of para-hydroxylation sites is 1. The number of nitrogens with zero attached hydrogens (tertiary/aromatic N) is 1. The van der Waals surface area contributed by atoms with Crippen LogP contribution in [0.4, 0.5) is 0 Å². The van der Waals surface area contributed by atoms with Gasteiger partial charge in [-0.1, -0.05) is 89.9 Å². The number of H-pyrrole nitrogens is 1. The molecule has 0 saturated carbocycles. The number of carbonyl (C=O) groups is 1. The Kier molecular flexibility index (Phi) is 5.17. The molecule has 0 saturated heterocycles. The minimum absolute atomic E-state index is 0.0305. The third kappa shape index (κ3) is 3.40. The third-order valence-electron chi connectivity index (χ3n) is 6.47. The molecular formula is C29H20Cl2N2O. The Bertz CT molecular complexity index is 1540. The van der Waals surface area contributed by atoms with Gasteiger partial charge in [0.05, 0.1) is 16.8 Å². The van der Waals surface area contributed by atoms with E-state index in [2.05, 4.69) is 35.3 Å². The van der Waals surface area contributed by atoms with Crippen LogP contribution in [-0.2, 0) is 6.54 Å². The zero-order valence-corrected chi connectivity index (χ0v) is 19.6. The summed E-state index contributed by atoms with van der Waals surface area (Å²) in [6.07, 6.45) is 0. The van der Waals surface area contributed by atoms with Gasteiger partial charge in [-0.2, -0.15) is 0 Å². The average Bonchev–Trinajstić information content (AvgIpc) is 3.35. The summed E-state index contributed by atoms with van der Waals surface area (Å²) in [4.78, 5) is 19.2. The fourth-order valence-electron chi connectivity index (χ4n) is 4.98. The highest BCUT2D eigenvalue weighted by Crippen LogP contribution is 2.47. The Labute approximate surface area is 207 Å². The Morgan fingerprint density at radius 3 is 2.35 bits per heavy atom. The van der Waals surface area contributed by atoms with Gasteiger partial charge in [0, 0.05) is 39.2 Å². The van der Waals surface area contributed by atoms with Crippen molar-refractivity contribution in [3.63, 3.8) is 0 Å². The molecule has 4 aromatic carbocycles. The van der Waals surface area contributed by atoms with Gasteiger partial charge in [-0.05, 0) is 41.5 Å². The summed E-state index contributed by atoms with van der Waals surface area (Å²) in [6.45, 7) is 0.506. The molecule has 1 aliphatic rings. The fraction of sp³-hybridized carbons (Fsp3) is 0.0690. The molecule has 0 aliphatic carbocycles. The molecule has 166 valence electrons. The van der Waals surface area contributed by atoms with E-state index in [0.29, 0.717) is 16.6 Å². The second-order valence-electron chi connectivity index (χ2n) is 8.49. The Morgan fingerprint density at radius 1 is 0.794 bits per heavy atom. The second kappa shape index (κ2) is 8.35. The maximum Gasteiger partial charge on any atom is 0.255 e. The van der Waals surface area contributed by atoms with Crippen molar-refractivity contribution in [1.29, 1.82) is 0 Å². The first kappa shape index (κ1) is 21.0. The van der Waals surface area contributed by atoms with Crippen LogP contribution in [0.15, 0.2) is 97.1 Å². The van der Waals surface area contributed by atoms with Crippen LogP contribution in [0.2, 0.25) is 10.0 Å². The number of carbonyl (C=O) groups excluding carboxylic acids is 1. The SMILES string of the molecule is O=C1c2ccccc2C(c2c(-c3ccc(Cl)cc3Cl)[nH]c3ccccc23)N1Cc1ccccc1. The van der Waals surface area contributed by atoms with Crippen LogP contribution in [0.5, 0.6) is 0 Å². The van der Waals surface area contributed by atoms with E-state index in [4.69, 9.17) is 23.2 Å². The maximum atomic E-state index is 13.7. The van der Waals surface area contributed by atoms with Crippen molar-refractivity contribution in [2.45, 2.75) is 12.6 Å². The summed E-state index contributed by atoms with van der Waals surface area (Å²) >= 11 is 12.9. The van der Waals surface area contributed by atoms with Crippen LogP contribution in [-0.4, -0.2) is 15.8 Å². The van der Waals surface area contributed by atoms with Gasteiger partial charge >= 0.3 is 0 Å². The van der Waals surface area contributed by atoms with E-state index in [9.17, 15) is 4.79 Å². The summed E-state index contributed by atoms with van der Waals surface area (Å²) < 4.78 is 0. The Balaban J connectivity index is 1.62. The zero-order valence-electron chi connectivity index (χ0n) is 18.1. The first-order chi connectivity index (χ1) is 16.6. The minimum atomic E-state index is -0.262. The topological polar surface area (TPSA) is 36.1 Å². The number of halogens is 2. The predicted molar refractivity (Wildman–Crippen MR) is 138 cm³/mol. The molecular weight excluding hydrogens is 463 g/mol. The van der Waals surface area contributed by atoms with Gasteiger partial charge in [0.1, 0.15) is 0 Å². The Hall–Kier alpha value is -3.53. The Morgan fingerprint density at radius 2 is 1.53 bits per heavy atom. The minimum Gasteiger partial charge on any atom is -0.354 e. The van der Waals surface area contributed by atoms with Gasteiger partial charge in [0.25, 0.3) is 5.91 Å². The number of aromatic nitrogens is 1. The molecule has 1 unspecified atom stereocenters. The van der Waals surface area contributed by atoms with Gasteiger partial charge in [-0.15, -0.1) is 0 Å². The molecule has 0 radical (unpaired) electrons. The molecule has 1 N–H and O–H groups in total. The number of hydrogen-bond donors (Lipinski definition) is 1. The highest BCUT2D eigenvalue weighted by molar-refractivity contribution is 6.36. The molecule has 1 amide bonds. The van der Waals surface area contributed by atoms with E-state index in [0.717, 1.165) is 44.4 Å². The molecule has 5 aromatic rings. The number of amides is 1. The highest BCUT2D eigenvalue weighted by atomic mass is 35.5. The lowest BCUT2D eigenvalue weighted by atomic mass is 9.93. The molecule has 34 heavy (non-hydrogen) atoms. The predicted octanol–water partition coefficient (Wildman–Crippen LogP) is 7.89. The van der Waals surface area contributed by atoms with Crippen molar-refractivity contribution in [2.75, 3.05) is 0 Å². The highest BCUT2D eigenvalue weighted by Gasteiger charge is 2.40. The maximum absolute atomic E-state index is 13.7. The van der Waals surface area contributed by atoms with Gasteiger partial charge in [0.15, 0.2) is 0 Å². The van der Waals surface area contributed by atoms with Crippen molar-refractivity contribution in [1.82, 2.24) is 9.88 Å². The summed E-state index contributed by atoms with van der Waals surface area (Å²) in [5, 5.41) is 2.21. The molecule has 0 bridgehead atoms.